The highest BCUT2D eigenvalue weighted by Crippen LogP contribution is 2.25. The van der Waals surface area contributed by atoms with Gasteiger partial charge >= 0.3 is 5.97 Å². The van der Waals surface area contributed by atoms with Gasteiger partial charge in [-0.05, 0) is 19.1 Å². The molecular formula is C16H20N2O5S. The van der Waals surface area contributed by atoms with Crippen molar-refractivity contribution in [3.8, 4) is 5.75 Å². The van der Waals surface area contributed by atoms with Crippen LogP contribution in [-0.2, 0) is 19.1 Å². The van der Waals surface area contributed by atoms with E-state index in [9.17, 15) is 14.4 Å². The van der Waals surface area contributed by atoms with Crippen LogP contribution in [0.15, 0.2) is 24.3 Å². The number of ether oxygens (including phenoxy) is 2. The minimum absolute atomic E-state index is 0.0180. The van der Waals surface area contributed by atoms with E-state index in [0.29, 0.717) is 17.2 Å². The van der Waals surface area contributed by atoms with Crippen molar-refractivity contribution in [1.29, 1.82) is 0 Å². The van der Waals surface area contributed by atoms with Crippen molar-refractivity contribution in [2.75, 3.05) is 24.8 Å². The first kappa shape index (κ1) is 18.1. The van der Waals surface area contributed by atoms with Crippen molar-refractivity contribution in [3.05, 3.63) is 24.3 Å². The molecule has 1 aliphatic heterocycles. The number of para-hydroxylation sites is 2. The number of carbonyl (C=O) groups excluding carboxylic acids is 3. The van der Waals surface area contributed by atoms with Crippen molar-refractivity contribution in [1.82, 2.24) is 5.32 Å². The number of carbonyl (C=O) groups is 3. The molecule has 0 aromatic heterocycles. The summed E-state index contributed by atoms with van der Waals surface area (Å²) in [5, 5.41) is 4.80. The molecule has 1 aromatic rings. The summed E-state index contributed by atoms with van der Waals surface area (Å²) >= 11 is 1.28. The lowest BCUT2D eigenvalue weighted by Gasteiger charge is -2.27. The van der Waals surface area contributed by atoms with Crippen molar-refractivity contribution < 1.29 is 23.9 Å². The molecule has 1 aliphatic rings. The van der Waals surface area contributed by atoms with Crippen molar-refractivity contribution in [2.24, 2.45) is 0 Å². The molecule has 0 spiro atoms. The maximum absolute atomic E-state index is 12.2. The monoisotopic (exact) mass is 352 g/mol. The molecule has 2 N–H and O–H groups in total. The van der Waals surface area contributed by atoms with Gasteiger partial charge in [0, 0.05) is 12.2 Å². The zero-order chi connectivity index (χ0) is 17.5. The highest BCUT2D eigenvalue weighted by molar-refractivity contribution is 8.00. The summed E-state index contributed by atoms with van der Waals surface area (Å²) in [4.78, 5) is 35.9. The van der Waals surface area contributed by atoms with Crippen molar-refractivity contribution >= 4 is 35.2 Å². The molecule has 24 heavy (non-hydrogen) atoms. The molecular weight excluding hydrogens is 332 g/mol. The van der Waals surface area contributed by atoms with Gasteiger partial charge in [0.1, 0.15) is 11.8 Å². The van der Waals surface area contributed by atoms with Crippen LogP contribution in [0, 0.1) is 0 Å². The van der Waals surface area contributed by atoms with Crippen LogP contribution in [0.4, 0.5) is 5.69 Å². The minimum Gasteiger partial charge on any atom is -0.495 e. The Bertz CT molecular complexity index is 622. The standard InChI is InChI=1S/C16H20N2O5S/c1-3-23-16(21)11-9-24-13(15(20)18-11)8-14(19)17-10-6-4-5-7-12(10)22-2/h4-7,11,13H,3,8-9H2,1-2H3,(H,17,19)(H,18,20)/t11-,13-/m1/s1. The molecule has 130 valence electrons. The van der Waals surface area contributed by atoms with Gasteiger partial charge in [0.15, 0.2) is 0 Å². The molecule has 1 heterocycles. The molecule has 8 heteroatoms. The lowest BCUT2D eigenvalue weighted by Crippen LogP contribution is -2.51. The Balaban J connectivity index is 1.89. The Morgan fingerprint density at radius 2 is 2.12 bits per heavy atom. The fourth-order valence-corrected chi connectivity index (χ4v) is 3.37. The Kier molecular flexibility index (Phi) is 6.48. The van der Waals surface area contributed by atoms with E-state index in [2.05, 4.69) is 10.6 Å². The van der Waals surface area contributed by atoms with E-state index in [4.69, 9.17) is 9.47 Å². The maximum atomic E-state index is 12.2. The summed E-state index contributed by atoms with van der Waals surface area (Å²) in [6.07, 6.45) is 0.0180. The Morgan fingerprint density at radius 1 is 1.38 bits per heavy atom. The highest BCUT2D eigenvalue weighted by Gasteiger charge is 2.34. The second-order valence-corrected chi connectivity index (χ2v) is 6.32. The van der Waals surface area contributed by atoms with Crippen LogP contribution in [0.3, 0.4) is 0 Å². The number of methoxy groups -OCH3 is 1. The van der Waals surface area contributed by atoms with Crippen LogP contribution < -0.4 is 15.4 Å². The Morgan fingerprint density at radius 3 is 2.79 bits per heavy atom. The summed E-state index contributed by atoms with van der Waals surface area (Å²) in [5.41, 5.74) is 0.551. The van der Waals surface area contributed by atoms with Gasteiger partial charge in [0.2, 0.25) is 11.8 Å². The number of anilines is 1. The van der Waals surface area contributed by atoms with E-state index >= 15 is 0 Å². The van der Waals surface area contributed by atoms with Crippen LogP contribution in [0.2, 0.25) is 0 Å². The third-order valence-electron chi connectivity index (χ3n) is 3.40. The molecule has 1 saturated heterocycles. The first-order chi connectivity index (χ1) is 11.5. The fraction of sp³-hybridized carbons (Fsp3) is 0.438. The van der Waals surface area contributed by atoms with E-state index in [0.717, 1.165) is 0 Å². The van der Waals surface area contributed by atoms with Gasteiger partial charge in [-0.3, -0.25) is 9.59 Å². The van der Waals surface area contributed by atoms with E-state index in [1.165, 1.54) is 18.9 Å². The topological polar surface area (TPSA) is 93.7 Å². The molecule has 7 nitrogen and oxygen atoms in total. The second-order valence-electron chi connectivity index (χ2n) is 5.09. The molecule has 1 aromatic carbocycles. The summed E-state index contributed by atoms with van der Waals surface area (Å²) in [6.45, 7) is 1.97. The quantitative estimate of drug-likeness (QED) is 0.747. The molecule has 0 aliphatic carbocycles. The van der Waals surface area contributed by atoms with Crippen LogP contribution in [-0.4, -0.2) is 48.5 Å². The fourth-order valence-electron chi connectivity index (χ4n) is 2.23. The van der Waals surface area contributed by atoms with Gasteiger partial charge in [-0.25, -0.2) is 4.79 Å². The van der Waals surface area contributed by atoms with Gasteiger partial charge < -0.3 is 20.1 Å². The molecule has 1 fully saturated rings. The number of benzene rings is 1. The van der Waals surface area contributed by atoms with Crippen molar-refractivity contribution in [2.45, 2.75) is 24.6 Å². The van der Waals surface area contributed by atoms with Gasteiger partial charge in [0.25, 0.3) is 0 Å². The molecule has 0 radical (unpaired) electrons. The number of hydrogen-bond acceptors (Lipinski definition) is 6. The number of hydrogen-bond donors (Lipinski definition) is 2. The lowest BCUT2D eigenvalue weighted by molar-refractivity contribution is -0.146. The van der Waals surface area contributed by atoms with Crippen LogP contribution in [0.25, 0.3) is 0 Å². The molecule has 2 rings (SSSR count). The van der Waals surface area contributed by atoms with E-state index < -0.39 is 17.3 Å². The Labute approximate surface area is 144 Å². The van der Waals surface area contributed by atoms with E-state index in [-0.39, 0.29) is 24.8 Å². The Hall–Kier alpha value is -2.22. The average Bonchev–Trinajstić information content (AvgIpc) is 2.57. The average molecular weight is 352 g/mol. The summed E-state index contributed by atoms with van der Waals surface area (Å²) in [7, 11) is 1.52. The van der Waals surface area contributed by atoms with Gasteiger partial charge in [-0.15, -0.1) is 11.8 Å². The van der Waals surface area contributed by atoms with Crippen LogP contribution in [0.5, 0.6) is 5.75 Å². The van der Waals surface area contributed by atoms with Crippen LogP contribution in [0.1, 0.15) is 13.3 Å². The van der Waals surface area contributed by atoms with Crippen molar-refractivity contribution in [3.63, 3.8) is 0 Å². The van der Waals surface area contributed by atoms with Crippen LogP contribution >= 0.6 is 11.8 Å². The zero-order valence-corrected chi connectivity index (χ0v) is 14.4. The smallest absolute Gasteiger partial charge is 0.329 e. The third kappa shape index (κ3) is 4.64. The largest absolute Gasteiger partial charge is 0.495 e. The maximum Gasteiger partial charge on any atom is 0.329 e. The number of nitrogens with one attached hydrogen (secondary N) is 2. The first-order valence-electron chi connectivity index (χ1n) is 7.56. The van der Waals surface area contributed by atoms with E-state index in [1.807, 2.05) is 0 Å². The lowest BCUT2D eigenvalue weighted by atomic mass is 10.2. The number of esters is 1. The number of thioether (sulfide) groups is 1. The van der Waals surface area contributed by atoms with Gasteiger partial charge in [-0.1, -0.05) is 12.1 Å². The molecule has 0 saturated carbocycles. The SMILES string of the molecule is CCOC(=O)[C@H]1CS[C@H](CC(=O)Nc2ccccc2OC)C(=O)N1. The minimum atomic E-state index is -0.657. The predicted molar refractivity (Wildman–Crippen MR) is 91.1 cm³/mol. The zero-order valence-electron chi connectivity index (χ0n) is 13.5. The normalized spacial score (nSPS) is 20.0. The third-order valence-corrected chi connectivity index (χ3v) is 4.70. The molecule has 0 unspecified atom stereocenters. The highest BCUT2D eigenvalue weighted by atomic mass is 32.2. The van der Waals surface area contributed by atoms with Gasteiger partial charge in [-0.2, -0.15) is 0 Å². The predicted octanol–water partition coefficient (Wildman–Crippen LogP) is 1.19. The molecule has 2 amide bonds. The van der Waals surface area contributed by atoms with E-state index in [1.54, 1.807) is 31.2 Å². The summed E-state index contributed by atoms with van der Waals surface area (Å²) in [5.74, 6) is -0.137. The number of amides is 2. The number of rotatable bonds is 6. The second kappa shape index (κ2) is 8.58. The summed E-state index contributed by atoms with van der Waals surface area (Å²) in [6, 6.07) is 6.39. The first-order valence-corrected chi connectivity index (χ1v) is 8.61. The molecule has 2 atom stereocenters. The van der Waals surface area contributed by atoms with Gasteiger partial charge in [0.05, 0.1) is 24.7 Å². The molecule has 0 bridgehead atoms. The summed E-state index contributed by atoms with van der Waals surface area (Å²) < 4.78 is 10.1.